The van der Waals surface area contributed by atoms with E-state index in [9.17, 15) is 0 Å². The largest absolute Gasteiger partial charge is 0.382 e. The van der Waals surface area contributed by atoms with E-state index in [2.05, 4.69) is 30.0 Å². The van der Waals surface area contributed by atoms with Crippen molar-refractivity contribution in [3.8, 4) is 0 Å². The van der Waals surface area contributed by atoms with Crippen molar-refractivity contribution in [3.63, 3.8) is 0 Å². The van der Waals surface area contributed by atoms with E-state index in [1.807, 2.05) is 0 Å². The molecule has 1 aromatic heterocycles. The quantitative estimate of drug-likeness (QED) is 0.801. The van der Waals surface area contributed by atoms with E-state index in [0.29, 0.717) is 5.92 Å². The minimum Gasteiger partial charge on any atom is -0.382 e. The van der Waals surface area contributed by atoms with Crippen LogP contribution in [0.4, 0.5) is 5.13 Å². The SMILES string of the molecule is CCCC1(COC)CCCN1c1nc(C(C)C)ns1. The monoisotopic (exact) mass is 283 g/mol. The van der Waals surface area contributed by atoms with Crippen LogP contribution in [0.15, 0.2) is 0 Å². The van der Waals surface area contributed by atoms with Crippen molar-refractivity contribution in [2.24, 2.45) is 0 Å². The van der Waals surface area contributed by atoms with Gasteiger partial charge in [0.05, 0.1) is 12.1 Å². The number of hydrogen-bond acceptors (Lipinski definition) is 5. The summed E-state index contributed by atoms with van der Waals surface area (Å²) in [5.74, 6) is 1.37. The van der Waals surface area contributed by atoms with E-state index in [0.717, 1.165) is 30.5 Å². The van der Waals surface area contributed by atoms with E-state index in [1.165, 1.54) is 30.8 Å². The van der Waals surface area contributed by atoms with Crippen LogP contribution in [0.1, 0.15) is 58.2 Å². The van der Waals surface area contributed by atoms with E-state index in [4.69, 9.17) is 9.72 Å². The number of anilines is 1. The molecule has 19 heavy (non-hydrogen) atoms. The summed E-state index contributed by atoms with van der Waals surface area (Å²) in [4.78, 5) is 7.18. The third-order valence-electron chi connectivity index (χ3n) is 3.90. The van der Waals surface area contributed by atoms with E-state index >= 15 is 0 Å². The number of hydrogen-bond donors (Lipinski definition) is 0. The van der Waals surface area contributed by atoms with E-state index in [1.54, 1.807) is 7.11 Å². The highest BCUT2D eigenvalue weighted by molar-refractivity contribution is 7.09. The summed E-state index contributed by atoms with van der Waals surface area (Å²) in [5, 5.41) is 1.08. The van der Waals surface area contributed by atoms with Gasteiger partial charge in [-0.25, -0.2) is 4.98 Å². The Kier molecular flexibility index (Phi) is 4.79. The van der Waals surface area contributed by atoms with Gasteiger partial charge in [-0.3, -0.25) is 0 Å². The summed E-state index contributed by atoms with van der Waals surface area (Å²) < 4.78 is 10.00. The average molecular weight is 283 g/mol. The Morgan fingerprint density at radius 3 is 2.84 bits per heavy atom. The second kappa shape index (κ2) is 6.18. The third-order valence-corrected chi connectivity index (χ3v) is 4.66. The zero-order valence-corrected chi connectivity index (χ0v) is 13.3. The molecule has 1 aromatic rings. The molecule has 0 aromatic carbocycles. The lowest BCUT2D eigenvalue weighted by Gasteiger charge is -2.37. The highest BCUT2D eigenvalue weighted by Gasteiger charge is 2.41. The summed E-state index contributed by atoms with van der Waals surface area (Å²) in [6, 6.07) is 0. The first kappa shape index (κ1) is 14.7. The minimum atomic E-state index is 0.136. The van der Waals surface area contributed by atoms with Crippen LogP contribution >= 0.6 is 11.5 Å². The lowest BCUT2D eigenvalue weighted by molar-refractivity contribution is 0.127. The van der Waals surface area contributed by atoms with Crippen LogP contribution in [-0.4, -0.2) is 35.2 Å². The number of methoxy groups -OCH3 is 1. The predicted octanol–water partition coefficient (Wildman–Crippen LogP) is 3.45. The van der Waals surface area contributed by atoms with Gasteiger partial charge in [-0.15, -0.1) is 0 Å². The fourth-order valence-electron chi connectivity index (χ4n) is 3.02. The lowest BCUT2D eigenvalue weighted by Crippen LogP contribution is -2.47. The number of ether oxygens (including phenoxy) is 1. The maximum atomic E-state index is 5.50. The molecule has 0 saturated carbocycles. The fourth-order valence-corrected chi connectivity index (χ4v) is 3.97. The molecule has 5 heteroatoms. The summed E-state index contributed by atoms with van der Waals surface area (Å²) >= 11 is 1.54. The molecule has 0 N–H and O–H groups in total. The topological polar surface area (TPSA) is 38.2 Å². The molecule has 0 radical (unpaired) electrons. The summed E-state index contributed by atoms with van der Waals surface area (Å²) in [5.41, 5.74) is 0.136. The Bertz CT molecular complexity index is 399. The molecule has 0 amide bonds. The smallest absolute Gasteiger partial charge is 0.205 e. The Balaban J connectivity index is 2.24. The molecule has 1 atom stereocenters. The van der Waals surface area contributed by atoms with Crippen LogP contribution in [-0.2, 0) is 4.74 Å². The highest BCUT2D eigenvalue weighted by atomic mass is 32.1. The molecule has 108 valence electrons. The zero-order chi connectivity index (χ0) is 13.9. The molecule has 1 fully saturated rings. The van der Waals surface area contributed by atoms with Gasteiger partial charge in [0.25, 0.3) is 0 Å². The molecule has 0 spiro atoms. The number of aromatic nitrogens is 2. The van der Waals surface area contributed by atoms with Crippen molar-refractivity contribution in [3.05, 3.63) is 5.82 Å². The Morgan fingerprint density at radius 2 is 2.26 bits per heavy atom. The van der Waals surface area contributed by atoms with Crippen LogP contribution in [0.5, 0.6) is 0 Å². The van der Waals surface area contributed by atoms with Crippen LogP contribution in [0.3, 0.4) is 0 Å². The molecule has 2 rings (SSSR count). The zero-order valence-electron chi connectivity index (χ0n) is 12.5. The van der Waals surface area contributed by atoms with Gasteiger partial charge >= 0.3 is 0 Å². The van der Waals surface area contributed by atoms with Crippen LogP contribution < -0.4 is 4.90 Å². The first-order chi connectivity index (χ1) is 9.13. The predicted molar refractivity (Wildman–Crippen MR) is 80.1 cm³/mol. The standard InChI is InChI=1S/C14H25N3OS/c1-5-7-14(10-18-4)8-6-9-17(14)13-15-12(11(2)3)16-19-13/h11H,5-10H2,1-4H3. The van der Waals surface area contributed by atoms with Crippen molar-refractivity contribution < 1.29 is 4.74 Å². The van der Waals surface area contributed by atoms with Crippen LogP contribution in [0.2, 0.25) is 0 Å². The second-order valence-electron chi connectivity index (χ2n) is 5.75. The first-order valence-corrected chi connectivity index (χ1v) is 8.00. The maximum absolute atomic E-state index is 5.50. The first-order valence-electron chi connectivity index (χ1n) is 7.23. The molecule has 0 aliphatic carbocycles. The summed E-state index contributed by atoms with van der Waals surface area (Å²) in [6.07, 6.45) is 4.76. The van der Waals surface area contributed by atoms with Crippen molar-refractivity contribution in [1.82, 2.24) is 9.36 Å². The molecule has 2 heterocycles. The molecule has 1 aliphatic heterocycles. The van der Waals surface area contributed by atoms with E-state index in [-0.39, 0.29) is 5.54 Å². The molecule has 1 aliphatic rings. The van der Waals surface area contributed by atoms with Crippen LogP contribution in [0, 0.1) is 0 Å². The number of rotatable bonds is 6. The van der Waals surface area contributed by atoms with Gasteiger partial charge in [-0.2, -0.15) is 4.37 Å². The van der Waals surface area contributed by atoms with Crippen LogP contribution in [0.25, 0.3) is 0 Å². The molecule has 0 bridgehead atoms. The molecular formula is C14H25N3OS. The van der Waals surface area contributed by atoms with E-state index < -0.39 is 0 Å². The summed E-state index contributed by atoms with van der Waals surface area (Å²) in [7, 11) is 1.80. The second-order valence-corrected chi connectivity index (χ2v) is 6.48. The third kappa shape index (κ3) is 2.92. The van der Waals surface area contributed by atoms with Crippen molar-refractivity contribution in [2.75, 3.05) is 25.2 Å². The normalized spacial score (nSPS) is 23.5. The van der Waals surface area contributed by atoms with Gasteiger partial charge < -0.3 is 9.64 Å². The van der Waals surface area contributed by atoms with Gasteiger partial charge in [0, 0.05) is 31.1 Å². The molecule has 1 unspecified atom stereocenters. The van der Waals surface area contributed by atoms with Gasteiger partial charge in [-0.05, 0) is 19.3 Å². The Hall–Kier alpha value is -0.680. The van der Waals surface area contributed by atoms with Crippen molar-refractivity contribution in [1.29, 1.82) is 0 Å². The molecule has 4 nitrogen and oxygen atoms in total. The van der Waals surface area contributed by atoms with Crippen molar-refractivity contribution >= 4 is 16.7 Å². The maximum Gasteiger partial charge on any atom is 0.205 e. The van der Waals surface area contributed by atoms with Gasteiger partial charge in [0.2, 0.25) is 5.13 Å². The number of nitrogens with zero attached hydrogens (tertiary/aromatic N) is 3. The van der Waals surface area contributed by atoms with Crippen molar-refractivity contribution in [2.45, 2.75) is 57.9 Å². The fraction of sp³-hybridized carbons (Fsp3) is 0.857. The highest BCUT2D eigenvalue weighted by Crippen LogP contribution is 2.38. The molecule has 1 saturated heterocycles. The minimum absolute atomic E-state index is 0.136. The Morgan fingerprint density at radius 1 is 1.47 bits per heavy atom. The van der Waals surface area contributed by atoms with Gasteiger partial charge in [-0.1, -0.05) is 27.2 Å². The van der Waals surface area contributed by atoms with Gasteiger partial charge in [0.1, 0.15) is 5.82 Å². The lowest BCUT2D eigenvalue weighted by atomic mass is 9.92. The Labute approximate surface area is 120 Å². The van der Waals surface area contributed by atoms with Gasteiger partial charge in [0.15, 0.2) is 0 Å². The average Bonchev–Trinajstić information content (AvgIpc) is 2.96. The molecular weight excluding hydrogens is 258 g/mol. The summed E-state index contributed by atoms with van der Waals surface area (Å²) in [6.45, 7) is 8.40.